The molecule has 0 aliphatic carbocycles. The van der Waals surface area contributed by atoms with E-state index in [0.29, 0.717) is 0 Å². The van der Waals surface area contributed by atoms with Crippen LogP contribution in [0.15, 0.2) is 45.3 Å². The van der Waals surface area contributed by atoms with Crippen LogP contribution in [-0.2, 0) is 12.8 Å². The third kappa shape index (κ3) is 3.50. The molecule has 0 amide bonds. The van der Waals surface area contributed by atoms with Gasteiger partial charge in [-0.2, -0.15) is 0 Å². The summed E-state index contributed by atoms with van der Waals surface area (Å²) in [6, 6.07) is 12.6. The molecule has 0 aromatic heterocycles. The topological polar surface area (TPSA) is 35.2 Å². The highest BCUT2D eigenvalue weighted by Gasteiger charge is 2.14. The van der Waals surface area contributed by atoms with Gasteiger partial charge in [0.1, 0.15) is 5.75 Å². The fourth-order valence-corrected chi connectivity index (χ4v) is 3.59. The lowest BCUT2D eigenvalue weighted by molar-refractivity contribution is 0.357. The molecule has 0 fully saturated rings. The fraction of sp³-hybridized carbons (Fsp3) is 0.294. The highest BCUT2D eigenvalue weighted by atomic mass is 79.9. The summed E-state index contributed by atoms with van der Waals surface area (Å²) in [6.07, 6.45) is 2.93. The van der Waals surface area contributed by atoms with Crippen molar-refractivity contribution in [3.8, 4) is 5.75 Å². The number of hydrogen-bond acceptors (Lipinski definition) is 2. The number of nitrogens with two attached hydrogens (primary N) is 1. The Morgan fingerprint density at radius 2 is 2.00 bits per heavy atom. The molecule has 1 heterocycles. The molecule has 0 saturated heterocycles. The zero-order valence-electron chi connectivity index (χ0n) is 11.6. The number of aryl methyl sites for hydroxylation is 1. The van der Waals surface area contributed by atoms with Crippen LogP contribution in [0.2, 0.25) is 0 Å². The Labute approximate surface area is 141 Å². The molecular weight excluding hydrogens is 394 g/mol. The van der Waals surface area contributed by atoms with E-state index >= 15 is 0 Å². The van der Waals surface area contributed by atoms with Crippen LogP contribution in [0.25, 0.3) is 0 Å². The highest BCUT2D eigenvalue weighted by Crippen LogP contribution is 2.30. The van der Waals surface area contributed by atoms with Crippen molar-refractivity contribution < 1.29 is 4.74 Å². The first-order valence-corrected chi connectivity index (χ1v) is 8.67. The van der Waals surface area contributed by atoms with Gasteiger partial charge in [-0.3, -0.25) is 0 Å². The van der Waals surface area contributed by atoms with Gasteiger partial charge < -0.3 is 10.5 Å². The summed E-state index contributed by atoms with van der Waals surface area (Å²) in [6.45, 7) is 0.809. The van der Waals surface area contributed by atoms with E-state index in [1.807, 2.05) is 12.1 Å². The SMILES string of the molecule is NC(CCc1ccc2c(c1)CCO2)c1cc(Br)ccc1Br. The first-order chi connectivity index (χ1) is 10.1. The van der Waals surface area contributed by atoms with E-state index in [0.717, 1.165) is 46.1 Å². The van der Waals surface area contributed by atoms with E-state index < -0.39 is 0 Å². The van der Waals surface area contributed by atoms with E-state index in [1.165, 1.54) is 11.1 Å². The molecule has 2 aromatic carbocycles. The summed E-state index contributed by atoms with van der Waals surface area (Å²) < 4.78 is 7.67. The lowest BCUT2D eigenvalue weighted by atomic mass is 9.98. The van der Waals surface area contributed by atoms with Crippen LogP contribution in [0.1, 0.15) is 29.2 Å². The fourth-order valence-electron chi connectivity index (χ4n) is 2.67. The molecular formula is C17H17Br2NO. The van der Waals surface area contributed by atoms with Gasteiger partial charge in [0.05, 0.1) is 6.61 Å². The molecule has 1 unspecified atom stereocenters. The van der Waals surface area contributed by atoms with Gasteiger partial charge in [-0.05, 0) is 53.8 Å². The average Bonchev–Trinajstić information content (AvgIpc) is 2.94. The van der Waals surface area contributed by atoms with Gasteiger partial charge in [0.25, 0.3) is 0 Å². The Hall–Kier alpha value is -0.840. The van der Waals surface area contributed by atoms with Crippen LogP contribution in [0.3, 0.4) is 0 Å². The second-order valence-electron chi connectivity index (χ2n) is 5.35. The van der Waals surface area contributed by atoms with E-state index in [-0.39, 0.29) is 6.04 Å². The Morgan fingerprint density at radius 1 is 1.14 bits per heavy atom. The molecule has 3 rings (SSSR count). The monoisotopic (exact) mass is 409 g/mol. The van der Waals surface area contributed by atoms with Crippen molar-refractivity contribution in [2.75, 3.05) is 6.61 Å². The molecule has 1 aliphatic rings. The second kappa shape index (κ2) is 6.51. The minimum atomic E-state index is 0.0291. The Kier molecular flexibility index (Phi) is 4.67. The zero-order chi connectivity index (χ0) is 14.8. The van der Waals surface area contributed by atoms with Crippen molar-refractivity contribution in [1.82, 2.24) is 0 Å². The summed E-state index contributed by atoms with van der Waals surface area (Å²) in [5.74, 6) is 1.04. The predicted octanol–water partition coefficient (Wildman–Crippen LogP) is 4.78. The van der Waals surface area contributed by atoms with Crippen LogP contribution in [0.5, 0.6) is 5.75 Å². The van der Waals surface area contributed by atoms with Crippen LogP contribution in [0, 0.1) is 0 Å². The number of benzene rings is 2. The minimum absolute atomic E-state index is 0.0291. The number of ether oxygens (including phenoxy) is 1. The third-order valence-corrected chi connectivity index (χ3v) is 5.07. The third-order valence-electron chi connectivity index (χ3n) is 3.86. The van der Waals surface area contributed by atoms with Gasteiger partial charge in [-0.1, -0.05) is 44.0 Å². The lowest BCUT2D eigenvalue weighted by Gasteiger charge is -2.14. The lowest BCUT2D eigenvalue weighted by Crippen LogP contribution is -2.12. The van der Waals surface area contributed by atoms with Gasteiger partial charge in [-0.25, -0.2) is 0 Å². The summed E-state index contributed by atoms with van der Waals surface area (Å²) in [5.41, 5.74) is 10.2. The maximum atomic E-state index is 6.35. The molecule has 21 heavy (non-hydrogen) atoms. The van der Waals surface area contributed by atoms with E-state index in [4.69, 9.17) is 10.5 Å². The first kappa shape index (κ1) is 15.1. The Bertz CT molecular complexity index is 657. The van der Waals surface area contributed by atoms with Crippen molar-refractivity contribution in [2.24, 2.45) is 5.73 Å². The van der Waals surface area contributed by atoms with Crippen LogP contribution in [0.4, 0.5) is 0 Å². The molecule has 0 bridgehead atoms. The van der Waals surface area contributed by atoms with Crippen LogP contribution < -0.4 is 10.5 Å². The molecule has 1 aliphatic heterocycles. The highest BCUT2D eigenvalue weighted by molar-refractivity contribution is 9.11. The van der Waals surface area contributed by atoms with Crippen molar-refractivity contribution >= 4 is 31.9 Å². The van der Waals surface area contributed by atoms with Crippen LogP contribution in [-0.4, -0.2) is 6.61 Å². The molecule has 1 atom stereocenters. The smallest absolute Gasteiger partial charge is 0.122 e. The summed E-state index contributed by atoms with van der Waals surface area (Å²) >= 11 is 7.08. The number of fused-ring (bicyclic) bond motifs is 1. The van der Waals surface area contributed by atoms with Gasteiger partial charge in [0, 0.05) is 21.4 Å². The summed E-state index contributed by atoms with van der Waals surface area (Å²) in [7, 11) is 0. The normalized spacial score (nSPS) is 14.6. The van der Waals surface area contributed by atoms with Crippen molar-refractivity contribution in [3.05, 3.63) is 62.0 Å². The number of rotatable bonds is 4. The molecule has 2 N–H and O–H groups in total. The molecule has 2 aromatic rings. The molecule has 0 spiro atoms. The van der Waals surface area contributed by atoms with Crippen molar-refractivity contribution in [2.45, 2.75) is 25.3 Å². The largest absolute Gasteiger partial charge is 0.493 e. The molecule has 110 valence electrons. The van der Waals surface area contributed by atoms with Crippen molar-refractivity contribution in [3.63, 3.8) is 0 Å². The van der Waals surface area contributed by atoms with Gasteiger partial charge >= 0.3 is 0 Å². The minimum Gasteiger partial charge on any atom is -0.493 e. The average molecular weight is 411 g/mol. The number of halogens is 2. The maximum Gasteiger partial charge on any atom is 0.122 e. The molecule has 0 radical (unpaired) electrons. The second-order valence-corrected chi connectivity index (χ2v) is 7.12. The summed E-state index contributed by atoms with van der Waals surface area (Å²) in [4.78, 5) is 0. The quantitative estimate of drug-likeness (QED) is 0.787. The summed E-state index contributed by atoms with van der Waals surface area (Å²) in [5, 5.41) is 0. The van der Waals surface area contributed by atoms with Crippen LogP contribution >= 0.6 is 31.9 Å². The first-order valence-electron chi connectivity index (χ1n) is 7.08. The Balaban J connectivity index is 1.68. The van der Waals surface area contributed by atoms with Crippen molar-refractivity contribution in [1.29, 1.82) is 0 Å². The van der Waals surface area contributed by atoms with Gasteiger partial charge in [0.15, 0.2) is 0 Å². The predicted molar refractivity (Wildman–Crippen MR) is 92.7 cm³/mol. The van der Waals surface area contributed by atoms with E-state index in [1.54, 1.807) is 0 Å². The van der Waals surface area contributed by atoms with Gasteiger partial charge in [-0.15, -0.1) is 0 Å². The van der Waals surface area contributed by atoms with E-state index in [2.05, 4.69) is 56.1 Å². The van der Waals surface area contributed by atoms with E-state index in [9.17, 15) is 0 Å². The zero-order valence-corrected chi connectivity index (χ0v) is 14.8. The van der Waals surface area contributed by atoms with Gasteiger partial charge in [0.2, 0.25) is 0 Å². The Morgan fingerprint density at radius 3 is 2.86 bits per heavy atom. The number of hydrogen-bond donors (Lipinski definition) is 1. The molecule has 0 saturated carbocycles. The standard InChI is InChI=1S/C17H17Br2NO/c18-13-3-4-15(19)14(10-13)16(20)5-1-11-2-6-17-12(9-11)7-8-21-17/h2-4,6,9-10,16H,1,5,7-8,20H2. The molecule has 2 nitrogen and oxygen atoms in total. The maximum absolute atomic E-state index is 6.35. The molecule has 4 heteroatoms.